The number of aromatic nitrogens is 1. The van der Waals surface area contributed by atoms with Gasteiger partial charge in [-0.3, -0.25) is 10.5 Å². The Kier molecular flexibility index (Phi) is 5.58. The number of amides is 1. The van der Waals surface area contributed by atoms with Crippen LogP contribution in [0.5, 0.6) is 0 Å². The number of hydrogen-bond acceptors (Lipinski definition) is 5. The standard InChI is InChI=1S/C16H16ClN5O2/c17-13-3-1-10(7-18)12(5-13)9-21-16(23)6-14-11(8-19)2-4-15(20)22(14)24/h1-5,20,24H,6-7,9,18H2,(H,21,23)/p+1. The van der Waals surface area contributed by atoms with Crippen LogP contribution in [0.15, 0.2) is 30.3 Å². The fourth-order valence-corrected chi connectivity index (χ4v) is 2.44. The SMILES string of the molecule is N#Cc1ccc(N)[n+](O)c1CC(=O)NCc1cc(Cl)ccc1CN. The van der Waals surface area contributed by atoms with Gasteiger partial charge in [0.1, 0.15) is 6.07 Å². The lowest BCUT2D eigenvalue weighted by atomic mass is 10.1. The second-order valence-corrected chi connectivity index (χ2v) is 5.55. The molecule has 0 bridgehead atoms. The second kappa shape index (κ2) is 7.64. The van der Waals surface area contributed by atoms with Crippen LogP contribution in [0.1, 0.15) is 22.4 Å². The molecule has 0 aliphatic rings. The Morgan fingerprint density at radius 2 is 2.08 bits per heavy atom. The van der Waals surface area contributed by atoms with Gasteiger partial charge in [-0.15, -0.1) is 0 Å². The molecule has 1 aromatic heterocycles. The van der Waals surface area contributed by atoms with Gasteiger partial charge in [-0.2, -0.15) is 5.26 Å². The number of halogens is 1. The molecule has 6 N–H and O–H groups in total. The summed E-state index contributed by atoms with van der Waals surface area (Å²) in [6.45, 7) is 0.564. The summed E-state index contributed by atoms with van der Waals surface area (Å²) in [5.74, 6) is -0.333. The summed E-state index contributed by atoms with van der Waals surface area (Å²) < 4.78 is 0.642. The monoisotopic (exact) mass is 346 g/mol. The van der Waals surface area contributed by atoms with Crippen molar-refractivity contribution in [2.45, 2.75) is 19.5 Å². The molecule has 0 saturated heterocycles. The number of carbonyl (C=O) groups is 1. The Morgan fingerprint density at radius 3 is 2.75 bits per heavy atom. The molecular formula is C16H17ClN5O2+. The first-order valence-corrected chi connectivity index (χ1v) is 7.51. The number of anilines is 1. The van der Waals surface area contributed by atoms with Gasteiger partial charge in [0.25, 0.3) is 0 Å². The highest BCUT2D eigenvalue weighted by Gasteiger charge is 2.19. The second-order valence-electron chi connectivity index (χ2n) is 5.11. The van der Waals surface area contributed by atoms with E-state index in [-0.39, 0.29) is 35.9 Å². The van der Waals surface area contributed by atoms with Crippen molar-refractivity contribution in [2.75, 3.05) is 5.73 Å². The molecule has 0 unspecified atom stereocenters. The molecule has 1 heterocycles. The van der Waals surface area contributed by atoms with Crippen LogP contribution in [0.3, 0.4) is 0 Å². The number of rotatable bonds is 5. The van der Waals surface area contributed by atoms with Crippen molar-refractivity contribution in [1.82, 2.24) is 5.32 Å². The number of pyridine rings is 1. The maximum absolute atomic E-state index is 12.2. The van der Waals surface area contributed by atoms with E-state index >= 15 is 0 Å². The molecule has 2 rings (SSSR count). The zero-order valence-corrected chi connectivity index (χ0v) is 13.5. The maximum Gasteiger partial charge on any atom is 0.312 e. The highest BCUT2D eigenvalue weighted by Crippen LogP contribution is 2.16. The molecule has 124 valence electrons. The number of nitriles is 1. The third-order valence-electron chi connectivity index (χ3n) is 3.54. The first kappa shape index (κ1) is 17.5. The Balaban J connectivity index is 2.12. The summed E-state index contributed by atoms with van der Waals surface area (Å²) in [4.78, 5) is 12.2. The largest absolute Gasteiger partial charge is 0.352 e. The smallest absolute Gasteiger partial charge is 0.312 e. The molecule has 8 heteroatoms. The highest BCUT2D eigenvalue weighted by atomic mass is 35.5. The molecule has 0 spiro atoms. The van der Waals surface area contributed by atoms with E-state index in [0.29, 0.717) is 16.3 Å². The van der Waals surface area contributed by atoms with Crippen LogP contribution in [0, 0.1) is 11.3 Å². The minimum atomic E-state index is -0.372. The van der Waals surface area contributed by atoms with E-state index in [4.69, 9.17) is 28.3 Å². The van der Waals surface area contributed by atoms with Crippen LogP contribution in [0.25, 0.3) is 0 Å². The third-order valence-corrected chi connectivity index (χ3v) is 3.78. The molecule has 0 fully saturated rings. The van der Waals surface area contributed by atoms with E-state index in [2.05, 4.69) is 5.32 Å². The van der Waals surface area contributed by atoms with Gasteiger partial charge in [0.05, 0.1) is 12.0 Å². The molecule has 7 nitrogen and oxygen atoms in total. The van der Waals surface area contributed by atoms with Crippen LogP contribution >= 0.6 is 11.6 Å². The number of nitrogens with two attached hydrogens (primary N) is 2. The molecule has 0 radical (unpaired) electrons. The summed E-state index contributed by atoms with van der Waals surface area (Å²) in [6, 6.07) is 10.0. The van der Waals surface area contributed by atoms with Gasteiger partial charge in [0, 0.05) is 24.2 Å². The summed E-state index contributed by atoms with van der Waals surface area (Å²) >= 11 is 5.96. The van der Waals surface area contributed by atoms with Crippen LogP contribution < -0.4 is 21.5 Å². The Bertz CT molecular complexity index is 817. The van der Waals surface area contributed by atoms with Crippen molar-refractivity contribution in [2.24, 2.45) is 5.73 Å². The number of hydrogen-bond donors (Lipinski definition) is 4. The van der Waals surface area contributed by atoms with E-state index in [1.807, 2.05) is 6.07 Å². The van der Waals surface area contributed by atoms with E-state index in [0.717, 1.165) is 11.1 Å². The van der Waals surface area contributed by atoms with Crippen LogP contribution in [0.2, 0.25) is 5.02 Å². The summed E-state index contributed by atoms with van der Waals surface area (Å²) in [7, 11) is 0. The van der Waals surface area contributed by atoms with E-state index in [9.17, 15) is 10.0 Å². The first-order valence-electron chi connectivity index (χ1n) is 7.13. The van der Waals surface area contributed by atoms with Gasteiger partial charge in [-0.1, -0.05) is 17.7 Å². The molecule has 0 aliphatic heterocycles. The number of nitrogens with zero attached hydrogens (tertiary/aromatic N) is 2. The average molecular weight is 347 g/mol. The predicted octanol–water partition coefficient (Wildman–Crippen LogP) is 0.636. The normalized spacial score (nSPS) is 10.2. The van der Waals surface area contributed by atoms with Crippen molar-refractivity contribution in [3.8, 4) is 6.07 Å². The van der Waals surface area contributed by atoms with Crippen LogP contribution in [0.4, 0.5) is 5.82 Å². The number of nitrogens with one attached hydrogen (secondary N) is 1. The molecule has 1 amide bonds. The maximum atomic E-state index is 12.2. The molecule has 0 aliphatic carbocycles. The number of nitrogen functional groups attached to an aromatic ring is 1. The van der Waals surface area contributed by atoms with Crippen molar-refractivity contribution in [3.05, 3.63) is 57.7 Å². The Labute approximate surface area is 144 Å². The van der Waals surface area contributed by atoms with Gasteiger partial charge < -0.3 is 16.3 Å². The fraction of sp³-hybridized carbons (Fsp3) is 0.188. The molecule has 0 atom stereocenters. The van der Waals surface area contributed by atoms with E-state index < -0.39 is 0 Å². The third kappa shape index (κ3) is 3.93. The number of benzene rings is 1. The van der Waals surface area contributed by atoms with E-state index in [1.165, 1.54) is 12.1 Å². The van der Waals surface area contributed by atoms with Crippen molar-refractivity contribution in [1.29, 1.82) is 5.26 Å². The van der Waals surface area contributed by atoms with Gasteiger partial charge in [-0.25, -0.2) is 0 Å². The molecule has 2 aromatic rings. The highest BCUT2D eigenvalue weighted by molar-refractivity contribution is 6.30. The number of carbonyl (C=O) groups excluding carboxylic acids is 1. The van der Waals surface area contributed by atoms with Gasteiger partial charge >= 0.3 is 5.82 Å². The topological polar surface area (TPSA) is 129 Å². The van der Waals surface area contributed by atoms with Crippen molar-refractivity contribution < 1.29 is 14.7 Å². The minimum Gasteiger partial charge on any atom is -0.352 e. The van der Waals surface area contributed by atoms with Crippen LogP contribution in [-0.2, 0) is 24.3 Å². The van der Waals surface area contributed by atoms with Gasteiger partial charge in [0.2, 0.25) is 5.91 Å². The zero-order valence-electron chi connectivity index (χ0n) is 12.8. The first-order chi connectivity index (χ1) is 11.5. The van der Waals surface area contributed by atoms with Gasteiger partial charge in [0.15, 0.2) is 5.69 Å². The summed E-state index contributed by atoms with van der Waals surface area (Å²) in [5, 5.41) is 22.2. The lowest BCUT2D eigenvalue weighted by Gasteiger charge is -2.10. The summed E-state index contributed by atoms with van der Waals surface area (Å²) in [6.07, 6.45) is -0.192. The molecule has 0 saturated carbocycles. The minimum absolute atomic E-state index is 0.0389. The lowest BCUT2D eigenvalue weighted by molar-refractivity contribution is -0.898. The zero-order chi connectivity index (χ0) is 17.7. The van der Waals surface area contributed by atoms with Crippen molar-refractivity contribution in [3.63, 3.8) is 0 Å². The molecule has 24 heavy (non-hydrogen) atoms. The quantitative estimate of drug-likeness (QED) is 0.466. The average Bonchev–Trinajstić information content (AvgIpc) is 2.57. The molecule has 1 aromatic carbocycles. The van der Waals surface area contributed by atoms with Crippen LogP contribution in [-0.4, -0.2) is 11.1 Å². The molecular weight excluding hydrogens is 330 g/mol. The van der Waals surface area contributed by atoms with Crippen molar-refractivity contribution >= 4 is 23.3 Å². The predicted molar refractivity (Wildman–Crippen MR) is 87.8 cm³/mol. The fourth-order valence-electron chi connectivity index (χ4n) is 2.24. The lowest BCUT2D eigenvalue weighted by Crippen LogP contribution is -2.42. The summed E-state index contributed by atoms with van der Waals surface area (Å²) in [5.41, 5.74) is 13.2. The van der Waals surface area contributed by atoms with E-state index in [1.54, 1.807) is 18.2 Å². The Morgan fingerprint density at radius 1 is 1.33 bits per heavy atom. The Hall–Kier alpha value is -2.82. The van der Waals surface area contributed by atoms with Gasteiger partial charge in [-0.05, 0) is 34.1 Å².